The summed E-state index contributed by atoms with van der Waals surface area (Å²) in [5.41, 5.74) is -0.323. The normalized spacial score (nSPS) is 11.4. The maximum Gasteiger partial charge on any atom is 0.416 e. The van der Waals surface area contributed by atoms with Gasteiger partial charge in [-0.25, -0.2) is 4.39 Å². The van der Waals surface area contributed by atoms with E-state index in [0.29, 0.717) is 0 Å². The van der Waals surface area contributed by atoms with Gasteiger partial charge in [-0.3, -0.25) is 9.78 Å². The highest BCUT2D eigenvalue weighted by atomic mass is 19.4. The first-order valence-corrected chi connectivity index (χ1v) is 5.81. The number of carboxylic acid groups (broad SMARTS) is 1. The highest BCUT2D eigenvalue weighted by Crippen LogP contribution is 2.31. The number of alkyl halides is 3. The summed E-state index contributed by atoms with van der Waals surface area (Å²) < 4.78 is 50.7. The summed E-state index contributed by atoms with van der Waals surface area (Å²) in [5.74, 6) is -1.86. The third-order valence-electron chi connectivity index (χ3n) is 2.78. The van der Waals surface area contributed by atoms with Crippen molar-refractivity contribution in [1.29, 1.82) is 0 Å². The number of rotatable bonds is 3. The van der Waals surface area contributed by atoms with E-state index >= 15 is 0 Å². The Balaban J connectivity index is 2.45. The number of pyridine rings is 1. The third-order valence-corrected chi connectivity index (χ3v) is 2.78. The molecule has 2 rings (SSSR count). The van der Waals surface area contributed by atoms with Crippen molar-refractivity contribution in [1.82, 2.24) is 4.98 Å². The zero-order valence-electron chi connectivity index (χ0n) is 10.5. The van der Waals surface area contributed by atoms with Crippen LogP contribution in [0.3, 0.4) is 0 Å². The predicted molar refractivity (Wildman–Crippen MR) is 66.0 cm³/mol. The van der Waals surface area contributed by atoms with Crippen LogP contribution in [-0.2, 0) is 17.4 Å². The molecular weight excluding hydrogens is 290 g/mol. The fourth-order valence-electron chi connectivity index (χ4n) is 1.84. The Morgan fingerprint density at radius 2 is 1.81 bits per heavy atom. The number of aliphatic carboxylic acids is 1. The molecule has 0 fully saturated rings. The van der Waals surface area contributed by atoms with Gasteiger partial charge in [0, 0.05) is 5.56 Å². The summed E-state index contributed by atoms with van der Waals surface area (Å²) in [6, 6.07) is 5.07. The van der Waals surface area contributed by atoms with Crippen LogP contribution in [0.2, 0.25) is 0 Å². The average Bonchev–Trinajstić information content (AvgIpc) is 2.39. The van der Waals surface area contributed by atoms with Crippen LogP contribution in [0.25, 0.3) is 11.1 Å². The van der Waals surface area contributed by atoms with Crippen LogP contribution < -0.4 is 0 Å². The van der Waals surface area contributed by atoms with Crippen molar-refractivity contribution in [2.45, 2.75) is 12.6 Å². The molecular formula is C14H9F4NO2. The molecule has 0 saturated heterocycles. The van der Waals surface area contributed by atoms with Crippen molar-refractivity contribution in [3.63, 3.8) is 0 Å². The number of carboxylic acids is 1. The molecule has 7 heteroatoms. The summed E-state index contributed by atoms with van der Waals surface area (Å²) in [7, 11) is 0. The minimum atomic E-state index is -4.47. The second kappa shape index (κ2) is 5.51. The first kappa shape index (κ1) is 15.0. The molecule has 1 aromatic carbocycles. The molecule has 0 atom stereocenters. The first-order chi connectivity index (χ1) is 9.77. The van der Waals surface area contributed by atoms with Gasteiger partial charge in [0.1, 0.15) is 5.82 Å². The van der Waals surface area contributed by atoms with Gasteiger partial charge in [-0.2, -0.15) is 13.2 Å². The molecule has 3 nitrogen and oxygen atoms in total. The quantitative estimate of drug-likeness (QED) is 0.882. The fourth-order valence-corrected chi connectivity index (χ4v) is 1.84. The summed E-state index contributed by atoms with van der Waals surface area (Å²) >= 11 is 0. The number of benzene rings is 1. The summed E-state index contributed by atoms with van der Waals surface area (Å²) in [5, 5.41) is 8.78. The van der Waals surface area contributed by atoms with Crippen molar-refractivity contribution in [3.05, 3.63) is 53.6 Å². The Morgan fingerprint density at radius 1 is 1.19 bits per heavy atom. The maximum atomic E-state index is 13.2. The predicted octanol–water partition coefficient (Wildman–Crippen LogP) is 3.53. The Hall–Kier alpha value is -2.44. The molecule has 2 aromatic rings. The smallest absolute Gasteiger partial charge is 0.416 e. The lowest BCUT2D eigenvalue weighted by Gasteiger charge is -2.10. The van der Waals surface area contributed by atoms with Crippen LogP contribution in [0.1, 0.15) is 11.3 Å². The fraction of sp³-hybridized carbons (Fsp3) is 0.143. The Bertz CT molecular complexity index is 666. The van der Waals surface area contributed by atoms with Gasteiger partial charge in [0.25, 0.3) is 0 Å². The zero-order chi connectivity index (χ0) is 15.6. The summed E-state index contributed by atoms with van der Waals surface area (Å²) in [6.07, 6.45) is -4.05. The van der Waals surface area contributed by atoms with E-state index in [4.69, 9.17) is 5.11 Å². The van der Waals surface area contributed by atoms with Crippen molar-refractivity contribution in [2.24, 2.45) is 0 Å². The molecule has 110 valence electrons. The zero-order valence-corrected chi connectivity index (χ0v) is 10.5. The second-order valence-corrected chi connectivity index (χ2v) is 4.29. The van der Waals surface area contributed by atoms with E-state index in [1.165, 1.54) is 0 Å². The van der Waals surface area contributed by atoms with E-state index in [9.17, 15) is 22.4 Å². The molecule has 0 aliphatic carbocycles. The summed E-state index contributed by atoms with van der Waals surface area (Å²) in [4.78, 5) is 14.4. The van der Waals surface area contributed by atoms with Crippen LogP contribution >= 0.6 is 0 Å². The highest BCUT2D eigenvalue weighted by Gasteiger charge is 2.30. The Kier molecular flexibility index (Phi) is 3.93. The van der Waals surface area contributed by atoms with Gasteiger partial charge in [-0.15, -0.1) is 0 Å². The largest absolute Gasteiger partial charge is 0.481 e. The van der Waals surface area contributed by atoms with Gasteiger partial charge in [0.2, 0.25) is 0 Å². The molecule has 0 spiro atoms. The topological polar surface area (TPSA) is 50.2 Å². The highest BCUT2D eigenvalue weighted by molar-refractivity contribution is 5.75. The van der Waals surface area contributed by atoms with Crippen molar-refractivity contribution in [2.75, 3.05) is 0 Å². The Labute approximate surface area is 116 Å². The number of hydrogen-bond donors (Lipinski definition) is 1. The number of nitrogens with zero attached hydrogens (tertiary/aromatic N) is 1. The standard InChI is InChI=1S/C14H9F4NO2/c15-10-5-11(12(19-7-10)6-13(20)21)8-1-3-9(4-2-8)14(16,17)18/h1-5,7H,6H2,(H,20,21). The van der Waals surface area contributed by atoms with Crippen molar-refractivity contribution < 1.29 is 27.5 Å². The van der Waals surface area contributed by atoms with Gasteiger partial charge in [-0.05, 0) is 23.8 Å². The number of carbonyl (C=O) groups is 1. The van der Waals surface area contributed by atoms with Crippen LogP contribution in [-0.4, -0.2) is 16.1 Å². The molecule has 1 heterocycles. The third kappa shape index (κ3) is 3.56. The Morgan fingerprint density at radius 3 is 2.33 bits per heavy atom. The van der Waals surface area contributed by atoms with Crippen LogP contribution in [0.15, 0.2) is 36.5 Å². The van der Waals surface area contributed by atoms with E-state index in [1.807, 2.05) is 0 Å². The molecule has 1 aromatic heterocycles. The van der Waals surface area contributed by atoms with Crippen molar-refractivity contribution >= 4 is 5.97 Å². The monoisotopic (exact) mass is 299 g/mol. The first-order valence-electron chi connectivity index (χ1n) is 5.81. The van der Waals surface area contributed by atoms with Gasteiger partial charge in [-0.1, -0.05) is 12.1 Å². The minimum absolute atomic E-state index is 0.0867. The van der Waals surface area contributed by atoms with Gasteiger partial charge >= 0.3 is 12.1 Å². The molecule has 0 saturated carbocycles. The summed E-state index contributed by atoms with van der Waals surface area (Å²) in [6.45, 7) is 0. The van der Waals surface area contributed by atoms with E-state index in [1.54, 1.807) is 0 Å². The molecule has 1 N–H and O–H groups in total. The number of aromatic nitrogens is 1. The van der Waals surface area contributed by atoms with Gasteiger partial charge in [0.05, 0.1) is 23.9 Å². The van der Waals surface area contributed by atoms with E-state index in [2.05, 4.69) is 4.98 Å². The van der Waals surface area contributed by atoms with Crippen molar-refractivity contribution in [3.8, 4) is 11.1 Å². The van der Waals surface area contributed by atoms with Gasteiger partial charge < -0.3 is 5.11 Å². The van der Waals surface area contributed by atoms with E-state index < -0.39 is 29.9 Å². The van der Waals surface area contributed by atoms with Crippen LogP contribution in [0.5, 0.6) is 0 Å². The molecule has 0 amide bonds. The van der Waals surface area contributed by atoms with Crippen LogP contribution in [0.4, 0.5) is 17.6 Å². The number of hydrogen-bond acceptors (Lipinski definition) is 2. The average molecular weight is 299 g/mol. The lowest BCUT2D eigenvalue weighted by molar-refractivity contribution is -0.138. The molecule has 0 aliphatic rings. The lowest BCUT2D eigenvalue weighted by atomic mass is 10.0. The maximum absolute atomic E-state index is 13.2. The molecule has 0 radical (unpaired) electrons. The van der Waals surface area contributed by atoms with Gasteiger partial charge in [0.15, 0.2) is 0 Å². The lowest BCUT2D eigenvalue weighted by Crippen LogP contribution is -2.06. The molecule has 21 heavy (non-hydrogen) atoms. The second-order valence-electron chi connectivity index (χ2n) is 4.29. The SMILES string of the molecule is O=C(O)Cc1ncc(F)cc1-c1ccc(C(F)(F)F)cc1. The van der Waals surface area contributed by atoms with E-state index in [-0.39, 0.29) is 16.8 Å². The molecule has 0 unspecified atom stereocenters. The number of halogens is 4. The minimum Gasteiger partial charge on any atom is -0.481 e. The molecule has 0 bridgehead atoms. The molecule has 0 aliphatic heterocycles. The van der Waals surface area contributed by atoms with Crippen LogP contribution in [0, 0.1) is 5.82 Å². The van der Waals surface area contributed by atoms with E-state index in [0.717, 1.165) is 36.5 Å².